The molecule has 1 rings (SSSR count). The van der Waals surface area contributed by atoms with Crippen molar-refractivity contribution in [2.45, 2.75) is 6.92 Å². The van der Waals surface area contributed by atoms with E-state index >= 15 is 0 Å². The molecule has 0 spiro atoms. The predicted octanol–water partition coefficient (Wildman–Crippen LogP) is 3.09. The summed E-state index contributed by atoms with van der Waals surface area (Å²) in [7, 11) is 0. The normalized spacial score (nSPS) is 10.1. The smallest absolute Gasteiger partial charge is 0.238 e. The Bertz CT molecular complexity index is 435. The summed E-state index contributed by atoms with van der Waals surface area (Å²) in [4.78, 5) is 11.6. The molecule has 1 aromatic carbocycles. The van der Waals surface area contributed by atoms with Gasteiger partial charge in [0.1, 0.15) is 0 Å². The van der Waals surface area contributed by atoms with Gasteiger partial charge in [0, 0.05) is 21.7 Å². The summed E-state index contributed by atoms with van der Waals surface area (Å²) < 4.78 is 0.809. The lowest BCUT2D eigenvalue weighted by molar-refractivity contribution is -0.115. The molecule has 0 fully saturated rings. The van der Waals surface area contributed by atoms with Gasteiger partial charge in [-0.15, -0.1) is 0 Å². The van der Waals surface area contributed by atoms with Crippen molar-refractivity contribution in [2.24, 2.45) is 0 Å². The van der Waals surface area contributed by atoms with Gasteiger partial charge in [-0.05, 0) is 24.6 Å². The molecule has 92 valence electrons. The number of carbonyl (C=O) groups excluding carboxylic acids is 1. The number of hydrogen-bond acceptors (Lipinski definition) is 2. The van der Waals surface area contributed by atoms with Crippen LogP contribution in [0.4, 0.5) is 5.69 Å². The number of anilines is 1. The van der Waals surface area contributed by atoms with Gasteiger partial charge in [0.2, 0.25) is 5.91 Å². The molecule has 0 unspecified atom stereocenters. The van der Waals surface area contributed by atoms with E-state index in [-0.39, 0.29) is 12.5 Å². The fourth-order valence-electron chi connectivity index (χ4n) is 1.23. The van der Waals surface area contributed by atoms with Gasteiger partial charge >= 0.3 is 0 Å². The zero-order valence-electron chi connectivity index (χ0n) is 9.52. The van der Waals surface area contributed by atoms with Gasteiger partial charge in [0.05, 0.1) is 6.54 Å². The lowest BCUT2D eigenvalue weighted by atomic mass is 10.2. The molecule has 0 saturated carbocycles. The molecular weight excluding hydrogens is 304 g/mol. The van der Waals surface area contributed by atoms with Gasteiger partial charge in [0.15, 0.2) is 0 Å². The number of aryl methyl sites for hydroxylation is 1. The molecular formula is C12H14BrClN2O. The monoisotopic (exact) mass is 316 g/mol. The fourth-order valence-corrected chi connectivity index (χ4v) is 1.61. The molecule has 2 N–H and O–H groups in total. The molecule has 0 bridgehead atoms. The molecule has 0 aromatic heterocycles. The Morgan fingerprint density at radius 2 is 2.18 bits per heavy atom. The van der Waals surface area contributed by atoms with Gasteiger partial charge in [-0.3, -0.25) is 4.79 Å². The molecule has 0 saturated heterocycles. The van der Waals surface area contributed by atoms with Crippen LogP contribution in [0.25, 0.3) is 0 Å². The third-order valence-corrected chi connectivity index (χ3v) is 2.59. The van der Waals surface area contributed by atoms with Crippen LogP contribution < -0.4 is 10.6 Å². The van der Waals surface area contributed by atoms with E-state index in [9.17, 15) is 4.79 Å². The molecule has 1 aromatic rings. The topological polar surface area (TPSA) is 41.1 Å². The first-order chi connectivity index (χ1) is 7.99. The maximum absolute atomic E-state index is 11.6. The van der Waals surface area contributed by atoms with Gasteiger partial charge in [-0.25, -0.2) is 0 Å². The van der Waals surface area contributed by atoms with E-state index in [0.29, 0.717) is 11.6 Å². The molecule has 5 heteroatoms. The Morgan fingerprint density at radius 1 is 1.47 bits per heavy atom. The van der Waals surface area contributed by atoms with E-state index in [0.717, 1.165) is 15.7 Å². The van der Waals surface area contributed by atoms with Crippen LogP contribution in [-0.4, -0.2) is 19.0 Å². The Balaban J connectivity index is 2.50. The number of carbonyl (C=O) groups is 1. The molecule has 0 atom stereocenters. The molecule has 0 aliphatic rings. The van der Waals surface area contributed by atoms with E-state index in [1.54, 1.807) is 12.1 Å². The lowest BCUT2D eigenvalue weighted by Crippen LogP contribution is -2.28. The Hall–Kier alpha value is -0.840. The van der Waals surface area contributed by atoms with E-state index in [1.165, 1.54) is 0 Å². The average Bonchev–Trinajstić information content (AvgIpc) is 2.23. The first kappa shape index (κ1) is 14.2. The molecule has 0 aliphatic carbocycles. The predicted molar refractivity (Wildman–Crippen MR) is 75.8 cm³/mol. The maximum Gasteiger partial charge on any atom is 0.238 e. The summed E-state index contributed by atoms with van der Waals surface area (Å²) in [5, 5.41) is 6.35. The van der Waals surface area contributed by atoms with Crippen molar-refractivity contribution in [1.82, 2.24) is 5.32 Å². The second-order valence-electron chi connectivity index (χ2n) is 3.63. The summed E-state index contributed by atoms with van der Waals surface area (Å²) in [6.07, 6.45) is 0. The minimum absolute atomic E-state index is 0.107. The number of nitrogens with one attached hydrogen (secondary N) is 2. The molecule has 3 nitrogen and oxygen atoms in total. The Kier molecular flexibility index (Phi) is 5.68. The quantitative estimate of drug-likeness (QED) is 0.876. The minimum Gasteiger partial charge on any atom is -0.325 e. The third-order valence-electron chi connectivity index (χ3n) is 2.08. The first-order valence-corrected chi connectivity index (χ1v) is 6.26. The molecule has 0 heterocycles. The van der Waals surface area contributed by atoms with E-state index < -0.39 is 0 Å². The van der Waals surface area contributed by atoms with Crippen LogP contribution in [0.15, 0.2) is 29.3 Å². The molecule has 0 aliphatic heterocycles. The van der Waals surface area contributed by atoms with E-state index in [2.05, 4.69) is 33.1 Å². The second-order valence-corrected chi connectivity index (χ2v) is 5.19. The second kappa shape index (κ2) is 6.79. The maximum atomic E-state index is 11.6. The van der Waals surface area contributed by atoms with Crippen LogP contribution in [0.2, 0.25) is 5.02 Å². The van der Waals surface area contributed by atoms with Crippen molar-refractivity contribution in [1.29, 1.82) is 0 Å². The zero-order valence-corrected chi connectivity index (χ0v) is 11.9. The summed E-state index contributed by atoms with van der Waals surface area (Å²) >= 11 is 9.07. The Morgan fingerprint density at radius 3 is 2.82 bits per heavy atom. The minimum atomic E-state index is -0.107. The standard InChI is InChI=1S/C12H14BrClN2O/c1-8-3-4-10(14)5-11(8)16-12(17)7-15-6-9(2)13/h3-5,15H,2,6-7H2,1H3,(H,16,17). The number of halogens is 2. The van der Waals surface area contributed by atoms with Crippen LogP contribution in [0, 0.1) is 6.92 Å². The van der Waals surface area contributed by atoms with Crippen LogP contribution in [0.3, 0.4) is 0 Å². The van der Waals surface area contributed by atoms with Crippen molar-refractivity contribution in [3.05, 3.63) is 39.8 Å². The van der Waals surface area contributed by atoms with Crippen molar-refractivity contribution in [3.8, 4) is 0 Å². The number of rotatable bonds is 5. The average molecular weight is 318 g/mol. The Labute approximate surface area is 114 Å². The molecule has 1 amide bonds. The van der Waals surface area contributed by atoms with Gasteiger partial charge in [-0.2, -0.15) is 0 Å². The highest BCUT2D eigenvalue weighted by molar-refractivity contribution is 9.11. The number of amides is 1. The molecule has 0 radical (unpaired) electrons. The van der Waals surface area contributed by atoms with Gasteiger partial charge in [0.25, 0.3) is 0 Å². The zero-order chi connectivity index (χ0) is 12.8. The van der Waals surface area contributed by atoms with Crippen molar-refractivity contribution in [2.75, 3.05) is 18.4 Å². The number of hydrogen-bond donors (Lipinski definition) is 2. The lowest BCUT2D eigenvalue weighted by Gasteiger charge is -2.09. The molecule has 17 heavy (non-hydrogen) atoms. The highest BCUT2D eigenvalue weighted by Crippen LogP contribution is 2.19. The van der Waals surface area contributed by atoms with E-state index in [4.69, 9.17) is 11.6 Å². The van der Waals surface area contributed by atoms with Crippen LogP contribution >= 0.6 is 27.5 Å². The SMILES string of the molecule is C=C(Br)CNCC(=O)Nc1cc(Cl)ccc1C. The van der Waals surface area contributed by atoms with Crippen LogP contribution in [0.1, 0.15) is 5.56 Å². The highest BCUT2D eigenvalue weighted by atomic mass is 79.9. The summed E-state index contributed by atoms with van der Waals surface area (Å²) in [5.41, 5.74) is 1.72. The largest absolute Gasteiger partial charge is 0.325 e. The van der Waals surface area contributed by atoms with E-state index in [1.807, 2.05) is 13.0 Å². The fraction of sp³-hybridized carbons (Fsp3) is 0.250. The van der Waals surface area contributed by atoms with Crippen LogP contribution in [0.5, 0.6) is 0 Å². The summed E-state index contributed by atoms with van der Waals surface area (Å²) in [6, 6.07) is 5.39. The first-order valence-electron chi connectivity index (χ1n) is 5.09. The summed E-state index contributed by atoms with van der Waals surface area (Å²) in [5.74, 6) is -0.107. The van der Waals surface area contributed by atoms with Gasteiger partial charge in [-0.1, -0.05) is 40.2 Å². The third kappa shape index (κ3) is 5.35. The van der Waals surface area contributed by atoms with Crippen molar-refractivity contribution >= 4 is 39.1 Å². The highest BCUT2D eigenvalue weighted by Gasteiger charge is 2.04. The van der Waals surface area contributed by atoms with Crippen LogP contribution in [-0.2, 0) is 4.79 Å². The summed E-state index contributed by atoms with van der Waals surface area (Å²) in [6.45, 7) is 6.37. The number of benzene rings is 1. The van der Waals surface area contributed by atoms with Crippen molar-refractivity contribution in [3.63, 3.8) is 0 Å². The van der Waals surface area contributed by atoms with Gasteiger partial charge < -0.3 is 10.6 Å². The van der Waals surface area contributed by atoms with Crippen molar-refractivity contribution < 1.29 is 4.79 Å².